The number of nitrogens with one attached hydrogen (secondary N) is 2. The van der Waals surface area contributed by atoms with Gasteiger partial charge < -0.3 is 15.1 Å². The zero-order valence-corrected chi connectivity index (χ0v) is 14.3. The van der Waals surface area contributed by atoms with Gasteiger partial charge in [-0.1, -0.05) is 6.07 Å². The minimum absolute atomic E-state index is 0.0795. The first kappa shape index (κ1) is 15.1. The quantitative estimate of drug-likeness (QED) is 0.781. The molecule has 0 unspecified atom stereocenters. The van der Waals surface area contributed by atoms with E-state index in [1.54, 1.807) is 0 Å². The third-order valence-electron chi connectivity index (χ3n) is 2.71. The van der Waals surface area contributed by atoms with Crippen LogP contribution in [0.25, 0.3) is 0 Å². The highest BCUT2D eigenvalue weighted by Gasteiger charge is 2.07. The van der Waals surface area contributed by atoms with Crippen LogP contribution in [0, 0.1) is 6.92 Å². The Bertz CT molecular complexity index is 619. The van der Waals surface area contributed by atoms with Crippen molar-refractivity contribution in [1.29, 1.82) is 0 Å². The Balaban J connectivity index is 2.07. The number of furan rings is 1. The van der Waals surface area contributed by atoms with E-state index in [-0.39, 0.29) is 5.91 Å². The lowest BCUT2D eigenvalue weighted by atomic mass is 10.1. The summed E-state index contributed by atoms with van der Waals surface area (Å²) >= 11 is 6.68. The fourth-order valence-corrected chi connectivity index (χ4v) is 2.38. The molecule has 0 atom stereocenters. The van der Waals surface area contributed by atoms with E-state index >= 15 is 0 Å². The van der Waals surface area contributed by atoms with Crippen LogP contribution in [0.2, 0.25) is 0 Å². The molecule has 20 heavy (non-hydrogen) atoms. The minimum atomic E-state index is -0.0795. The topological polar surface area (TPSA) is 54.3 Å². The van der Waals surface area contributed by atoms with E-state index in [1.807, 2.05) is 31.2 Å². The van der Waals surface area contributed by atoms with Gasteiger partial charge in [-0.2, -0.15) is 0 Å². The largest absolute Gasteiger partial charge is 0.451 e. The number of hydrogen-bond donors (Lipinski definition) is 2. The second kappa shape index (κ2) is 6.45. The van der Waals surface area contributed by atoms with Crippen LogP contribution in [0.15, 0.2) is 37.8 Å². The lowest BCUT2D eigenvalue weighted by Gasteiger charge is -2.10. The van der Waals surface area contributed by atoms with Crippen molar-refractivity contribution in [3.63, 3.8) is 0 Å². The zero-order chi connectivity index (χ0) is 14.7. The first-order valence-corrected chi connectivity index (χ1v) is 7.60. The van der Waals surface area contributed by atoms with Crippen LogP contribution in [0.4, 0.5) is 11.4 Å². The number of hydrogen-bond acceptors (Lipinski definition) is 3. The smallest absolute Gasteiger partial charge is 0.221 e. The van der Waals surface area contributed by atoms with Gasteiger partial charge in [-0.25, -0.2) is 0 Å². The van der Waals surface area contributed by atoms with Crippen molar-refractivity contribution < 1.29 is 9.21 Å². The molecule has 0 fully saturated rings. The number of amides is 1. The van der Waals surface area contributed by atoms with Crippen molar-refractivity contribution in [2.75, 3.05) is 10.6 Å². The molecule has 1 aromatic carbocycles. The summed E-state index contributed by atoms with van der Waals surface area (Å²) in [5.74, 6) is 0.731. The van der Waals surface area contributed by atoms with E-state index < -0.39 is 0 Å². The second-order valence-electron chi connectivity index (χ2n) is 4.40. The molecule has 4 nitrogen and oxygen atoms in total. The van der Waals surface area contributed by atoms with Crippen LogP contribution in [-0.2, 0) is 11.3 Å². The molecule has 0 saturated heterocycles. The predicted molar refractivity (Wildman–Crippen MR) is 86.9 cm³/mol. The van der Waals surface area contributed by atoms with Gasteiger partial charge in [0.2, 0.25) is 5.91 Å². The zero-order valence-electron chi connectivity index (χ0n) is 11.1. The molecule has 1 aromatic heterocycles. The lowest BCUT2D eigenvalue weighted by molar-refractivity contribution is -0.114. The summed E-state index contributed by atoms with van der Waals surface area (Å²) < 4.78 is 7.06. The molecular weight excluding hydrogens is 388 g/mol. The summed E-state index contributed by atoms with van der Waals surface area (Å²) in [6.45, 7) is 4.01. The van der Waals surface area contributed by atoms with Gasteiger partial charge in [0, 0.05) is 18.3 Å². The third-order valence-corrected chi connectivity index (χ3v) is 4.42. The highest BCUT2D eigenvalue weighted by molar-refractivity contribution is 9.13. The van der Waals surface area contributed by atoms with E-state index in [0.717, 1.165) is 27.2 Å². The van der Waals surface area contributed by atoms with Crippen molar-refractivity contribution in [1.82, 2.24) is 0 Å². The molecule has 0 aliphatic heterocycles. The highest BCUT2D eigenvalue weighted by atomic mass is 79.9. The average Bonchev–Trinajstić information content (AvgIpc) is 2.69. The SMILES string of the molecule is CC(=O)Nc1cc(NCc2cc(Br)c(Br)o2)ccc1C. The van der Waals surface area contributed by atoms with E-state index in [4.69, 9.17) is 4.42 Å². The van der Waals surface area contributed by atoms with E-state index in [0.29, 0.717) is 11.2 Å². The molecular formula is C14H14Br2N2O2. The molecule has 2 rings (SSSR count). The van der Waals surface area contributed by atoms with Gasteiger partial charge in [-0.05, 0) is 62.5 Å². The standard InChI is InChI=1S/C14H14Br2N2O2/c1-8-3-4-10(5-13(8)18-9(2)19)17-7-11-6-12(15)14(16)20-11/h3-6,17H,7H2,1-2H3,(H,18,19). The Morgan fingerprint density at radius 3 is 2.65 bits per heavy atom. The number of aryl methyl sites for hydroxylation is 1. The van der Waals surface area contributed by atoms with Gasteiger partial charge >= 0.3 is 0 Å². The van der Waals surface area contributed by atoms with Gasteiger partial charge in [-0.15, -0.1) is 0 Å². The normalized spacial score (nSPS) is 10.4. The van der Waals surface area contributed by atoms with Crippen LogP contribution in [-0.4, -0.2) is 5.91 Å². The summed E-state index contributed by atoms with van der Waals surface area (Å²) in [7, 11) is 0. The van der Waals surface area contributed by atoms with Crippen LogP contribution >= 0.6 is 31.9 Å². The van der Waals surface area contributed by atoms with Crippen molar-refractivity contribution in [3.8, 4) is 0 Å². The van der Waals surface area contributed by atoms with Crippen molar-refractivity contribution in [2.24, 2.45) is 0 Å². The first-order valence-electron chi connectivity index (χ1n) is 6.01. The summed E-state index contributed by atoms with van der Waals surface area (Å²) in [4.78, 5) is 11.1. The van der Waals surface area contributed by atoms with Crippen molar-refractivity contribution in [3.05, 3.63) is 44.7 Å². The number of rotatable bonds is 4. The van der Waals surface area contributed by atoms with Gasteiger partial charge in [0.05, 0.1) is 11.0 Å². The average molecular weight is 402 g/mol. The Labute approximate surface area is 134 Å². The fraction of sp³-hybridized carbons (Fsp3) is 0.214. The van der Waals surface area contributed by atoms with E-state index in [2.05, 4.69) is 42.5 Å². The molecule has 0 bridgehead atoms. The molecule has 0 saturated carbocycles. The summed E-state index contributed by atoms with van der Waals surface area (Å²) in [5.41, 5.74) is 2.75. The van der Waals surface area contributed by atoms with Crippen LogP contribution in [0.5, 0.6) is 0 Å². The molecule has 2 N–H and O–H groups in total. The van der Waals surface area contributed by atoms with Crippen molar-refractivity contribution >= 4 is 49.1 Å². The van der Waals surface area contributed by atoms with Gasteiger partial charge in [0.1, 0.15) is 5.76 Å². The number of halogens is 2. The number of benzene rings is 1. The number of anilines is 2. The maximum absolute atomic E-state index is 11.1. The highest BCUT2D eigenvalue weighted by Crippen LogP contribution is 2.27. The molecule has 0 aliphatic carbocycles. The van der Waals surface area contributed by atoms with E-state index in [9.17, 15) is 4.79 Å². The Morgan fingerprint density at radius 2 is 2.05 bits per heavy atom. The van der Waals surface area contributed by atoms with E-state index in [1.165, 1.54) is 6.92 Å². The Morgan fingerprint density at radius 1 is 1.30 bits per heavy atom. The van der Waals surface area contributed by atoms with Gasteiger partial charge in [-0.3, -0.25) is 4.79 Å². The van der Waals surface area contributed by atoms with Crippen LogP contribution in [0.1, 0.15) is 18.2 Å². The number of carbonyl (C=O) groups excluding carboxylic acids is 1. The minimum Gasteiger partial charge on any atom is -0.451 e. The molecule has 1 heterocycles. The molecule has 106 valence electrons. The van der Waals surface area contributed by atoms with Crippen LogP contribution in [0.3, 0.4) is 0 Å². The summed E-state index contributed by atoms with van der Waals surface area (Å²) in [6.07, 6.45) is 0. The monoisotopic (exact) mass is 400 g/mol. The van der Waals surface area contributed by atoms with Crippen molar-refractivity contribution in [2.45, 2.75) is 20.4 Å². The molecule has 6 heteroatoms. The number of carbonyl (C=O) groups is 1. The molecule has 0 radical (unpaired) electrons. The fourth-order valence-electron chi connectivity index (χ4n) is 1.72. The van der Waals surface area contributed by atoms with Gasteiger partial charge in [0.25, 0.3) is 0 Å². The third kappa shape index (κ3) is 3.86. The summed E-state index contributed by atoms with van der Waals surface area (Å²) in [5, 5.41) is 6.06. The molecule has 0 aliphatic rings. The Kier molecular flexibility index (Phi) is 4.88. The lowest BCUT2D eigenvalue weighted by Crippen LogP contribution is -2.08. The van der Waals surface area contributed by atoms with Gasteiger partial charge in [0.15, 0.2) is 4.67 Å². The van der Waals surface area contributed by atoms with Crippen LogP contribution < -0.4 is 10.6 Å². The summed E-state index contributed by atoms with van der Waals surface area (Å²) in [6, 6.07) is 7.74. The second-order valence-corrected chi connectivity index (χ2v) is 5.97. The maximum Gasteiger partial charge on any atom is 0.221 e. The molecule has 2 aromatic rings. The predicted octanol–water partition coefficient (Wildman–Crippen LogP) is 4.68. The first-order chi connectivity index (χ1) is 9.45. The maximum atomic E-state index is 11.1. The Hall–Kier alpha value is -1.27. The molecule has 0 spiro atoms. The molecule has 1 amide bonds.